The van der Waals surface area contributed by atoms with Crippen molar-refractivity contribution in [1.29, 1.82) is 0 Å². The lowest BCUT2D eigenvalue weighted by Crippen LogP contribution is -2.41. The minimum atomic E-state index is -3.84. The standard InChI is InChI=1S/C7H14N2O6S/c1-9(4-3-6(10)11)16(13,14)8-5-7(12)15-2/h8H,3-5H2,1-2H3,(H,10,11). The van der Waals surface area contributed by atoms with Gasteiger partial charge in [0.25, 0.3) is 10.2 Å². The number of methoxy groups -OCH3 is 1. The molecule has 0 amide bonds. The average molecular weight is 254 g/mol. The predicted molar refractivity (Wildman–Crippen MR) is 53.8 cm³/mol. The molecule has 0 rings (SSSR count). The van der Waals surface area contributed by atoms with Gasteiger partial charge in [0, 0.05) is 13.6 Å². The zero-order valence-corrected chi connectivity index (χ0v) is 9.78. The van der Waals surface area contributed by atoms with Gasteiger partial charge in [0.15, 0.2) is 0 Å². The molecular weight excluding hydrogens is 240 g/mol. The first kappa shape index (κ1) is 14.8. The van der Waals surface area contributed by atoms with E-state index < -0.39 is 28.7 Å². The number of carboxylic acid groups (broad SMARTS) is 1. The molecule has 0 aromatic rings. The Labute approximate surface area is 93.4 Å². The molecule has 0 aliphatic rings. The number of carboxylic acids is 1. The van der Waals surface area contributed by atoms with E-state index in [1.807, 2.05) is 4.72 Å². The summed E-state index contributed by atoms with van der Waals surface area (Å²) in [6.07, 6.45) is -0.310. The average Bonchev–Trinajstić information content (AvgIpc) is 2.22. The Morgan fingerprint density at radius 2 is 2.00 bits per heavy atom. The number of nitrogens with zero attached hydrogens (tertiary/aromatic N) is 1. The fourth-order valence-electron chi connectivity index (χ4n) is 0.706. The molecule has 16 heavy (non-hydrogen) atoms. The molecule has 0 saturated carbocycles. The fraction of sp³-hybridized carbons (Fsp3) is 0.714. The van der Waals surface area contributed by atoms with Crippen LogP contribution in [-0.4, -0.2) is 57.0 Å². The third-order valence-electron chi connectivity index (χ3n) is 1.68. The highest BCUT2D eigenvalue weighted by Crippen LogP contribution is 1.95. The molecule has 0 bridgehead atoms. The largest absolute Gasteiger partial charge is 0.481 e. The van der Waals surface area contributed by atoms with Crippen molar-refractivity contribution >= 4 is 22.1 Å². The van der Waals surface area contributed by atoms with Crippen LogP contribution in [0.25, 0.3) is 0 Å². The lowest BCUT2D eigenvalue weighted by atomic mass is 10.4. The van der Waals surface area contributed by atoms with Crippen LogP contribution in [0.3, 0.4) is 0 Å². The van der Waals surface area contributed by atoms with E-state index in [9.17, 15) is 18.0 Å². The number of hydrogen-bond acceptors (Lipinski definition) is 5. The van der Waals surface area contributed by atoms with Gasteiger partial charge in [-0.15, -0.1) is 0 Å². The molecule has 0 aliphatic carbocycles. The normalized spacial score (nSPS) is 11.4. The molecule has 0 atom stereocenters. The molecule has 0 radical (unpaired) electrons. The van der Waals surface area contributed by atoms with Crippen molar-refractivity contribution in [3.8, 4) is 0 Å². The SMILES string of the molecule is COC(=O)CNS(=O)(=O)N(C)CCC(=O)O. The second-order valence-electron chi connectivity index (χ2n) is 2.87. The van der Waals surface area contributed by atoms with E-state index in [1.54, 1.807) is 0 Å². The first-order valence-electron chi connectivity index (χ1n) is 4.29. The predicted octanol–water partition coefficient (Wildman–Crippen LogP) is -1.60. The third-order valence-corrected chi connectivity index (χ3v) is 3.19. The lowest BCUT2D eigenvalue weighted by Gasteiger charge is -2.15. The summed E-state index contributed by atoms with van der Waals surface area (Å²) >= 11 is 0. The highest BCUT2D eigenvalue weighted by molar-refractivity contribution is 7.87. The monoisotopic (exact) mass is 254 g/mol. The first-order valence-corrected chi connectivity index (χ1v) is 5.73. The molecule has 9 heteroatoms. The Morgan fingerprint density at radius 3 is 2.44 bits per heavy atom. The molecule has 8 nitrogen and oxygen atoms in total. The van der Waals surface area contributed by atoms with Crippen LogP contribution in [0.1, 0.15) is 6.42 Å². The van der Waals surface area contributed by atoms with Gasteiger partial charge in [-0.1, -0.05) is 0 Å². The van der Waals surface area contributed by atoms with Gasteiger partial charge in [-0.3, -0.25) is 9.59 Å². The summed E-state index contributed by atoms with van der Waals surface area (Å²) in [7, 11) is -1.50. The van der Waals surface area contributed by atoms with Crippen LogP contribution in [0.4, 0.5) is 0 Å². The van der Waals surface area contributed by atoms with Crippen LogP contribution in [0.15, 0.2) is 0 Å². The second kappa shape index (κ2) is 6.40. The Kier molecular flexibility index (Phi) is 5.93. The summed E-state index contributed by atoms with van der Waals surface area (Å²) < 4.78 is 29.8. The van der Waals surface area contributed by atoms with Crippen molar-refractivity contribution in [2.75, 3.05) is 27.2 Å². The molecule has 2 N–H and O–H groups in total. The van der Waals surface area contributed by atoms with Gasteiger partial charge < -0.3 is 9.84 Å². The van der Waals surface area contributed by atoms with Gasteiger partial charge in [0.05, 0.1) is 13.5 Å². The zero-order valence-electron chi connectivity index (χ0n) is 8.97. The van der Waals surface area contributed by atoms with E-state index in [2.05, 4.69) is 4.74 Å². The minimum Gasteiger partial charge on any atom is -0.481 e. The van der Waals surface area contributed by atoms with E-state index in [0.29, 0.717) is 0 Å². The van der Waals surface area contributed by atoms with E-state index in [1.165, 1.54) is 7.05 Å². The van der Waals surface area contributed by atoms with Crippen LogP contribution in [0.5, 0.6) is 0 Å². The van der Waals surface area contributed by atoms with Crippen molar-refractivity contribution < 1.29 is 27.9 Å². The number of aliphatic carboxylic acids is 1. The Balaban J connectivity index is 4.21. The van der Waals surface area contributed by atoms with Crippen LogP contribution in [0, 0.1) is 0 Å². The van der Waals surface area contributed by atoms with Gasteiger partial charge >= 0.3 is 11.9 Å². The highest BCUT2D eigenvalue weighted by atomic mass is 32.2. The van der Waals surface area contributed by atoms with Gasteiger partial charge in [0.2, 0.25) is 0 Å². The van der Waals surface area contributed by atoms with Gasteiger partial charge in [0.1, 0.15) is 6.54 Å². The first-order chi connectivity index (χ1) is 7.29. The molecule has 0 aliphatic heterocycles. The maximum absolute atomic E-state index is 11.4. The maximum Gasteiger partial charge on any atom is 0.320 e. The molecule has 0 aromatic heterocycles. The number of ether oxygens (including phenoxy) is 1. The number of carbonyl (C=O) groups excluding carboxylic acids is 1. The molecule has 94 valence electrons. The van der Waals surface area contributed by atoms with Crippen molar-refractivity contribution in [3.63, 3.8) is 0 Å². The summed E-state index contributed by atoms with van der Waals surface area (Å²) in [5.74, 6) is -1.83. The number of nitrogens with one attached hydrogen (secondary N) is 1. The quantitative estimate of drug-likeness (QED) is 0.529. The number of esters is 1. The van der Waals surface area contributed by atoms with E-state index in [-0.39, 0.29) is 13.0 Å². The number of carbonyl (C=O) groups is 2. The molecule has 0 unspecified atom stereocenters. The van der Waals surface area contributed by atoms with Crippen LogP contribution < -0.4 is 4.72 Å². The minimum absolute atomic E-state index is 0.175. The molecule has 0 spiro atoms. The van der Waals surface area contributed by atoms with E-state index in [4.69, 9.17) is 5.11 Å². The zero-order chi connectivity index (χ0) is 12.8. The lowest BCUT2D eigenvalue weighted by molar-refractivity contribution is -0.139. The second-order valence-corrected chi connectivity index (χ2v) is 4.73. The van der Waals surface area contributed by atoms with Crippen molar-refractivity contribution in [1.82, 2.24) is 9.03 Å². The van der Waals surface area contributed by atoms with Gasteiger partial charge in [-0.25, -0.2) is 0 Å². The van der Waals surface area contributed by atoms with Crippen LogP contribution in [0.2, 0.25) is 0 Å². The van der Waals surface area contributed by atoms with E-state index >= 15 is 0 Å². The maximum atomic E-state index is 11.4. The Morgan fingerprint density at radius 1 is 1.44 bits per heavy atom. The fourth-order valence-corrected chi connectivity index (χ4v) is 1.56. The Hall–Kier alpha value is -1.19. The van der Waals surface area contributed by atoms with E-state index in [0.717, 1.165) is 11.4 Å². The molecule has 0 aromatic carbocycles. The molecule has 0 fully saturated rings. The van der Waals surface area contributed by atoms with Crippen LogP contribution >= 0.6 is 0 Å². The van der Waals surface area contributed by atoms with Gasteiger partial charge in [-0.2, -0.15) is 17.4 Å². The summed E-state index contributed by atoms with van der Waals surface area (Å²) in [6, 6.07) is 0. The summed E-state index contributed by atoms with van der Waals surface area (Å²) in [6.45, 7) is -0.665. The molecule has 0 heterocycles. The number of rotatable bonds is 7. The summed E-state index contributed by atoms with van der Waals surface area (Å²) in [5, 5.41) is 8.37. The molecular formula is C7H14N2O6S. The van der Waals surface area contributed by atoms with Gasteiger partial charge in [-0.05, 0) is 0 Å². The van der Waals surface area contributed by atoms with Crippen LogP contribution in [-0.2, 0) is 24.5 Å². The summed E-state index contributed by atoms with van der Waals surface area (Å²) in [5.41, 5.74) is 0. The smallest absolute Gasteiger partial charge is 0.320 e. The Bertz CT molecular complexity index is 352. The third kappa shape index (κ3) is 5.63. The topological polar surface area (TPSA) is 113 Å². The highest BCUT2D eigenvalue weighted by Gasteiger charge is 2.19. The summed E-state index contributed by atoms with van der Waals surface area (Å²) in [4.78, 5) is 20.9. The van der Waals surface area contributed by atoms with Crippen molar-refractivity contribution in [2.45, 2.75) is 6.42 Å². The van der Waals surface area contributed by atoms with Crippen molar-refractivity contribution in [3.05, 3.63) is 0 Å². The molecule has 0 saturated heterocycles. The number of hydrogen-bond donors (Lipinski definition) is 2. The van der Waals surface area contributed by atoms with Crippen molar-refractivity contribution in [2.24, 2.45) is 0 Å².